The van der Waals surface area contributed by atoms with Crippen molar-refractivity contribution >= 4 is 35.8 Å². The van der Waals surface area contributed by atoms with Crippen LogP contribution in [0.15, 0.2) is 0 Å². The number of carbonyl (C=O) groups is 6. The lowest BCUT2D eigenvalue weighted by atomic mass is 9.83. The van der Waals surface area contributed by atoms with Crippen molar-refractivity contribution in [3.05, 3.63) is 0 Å². The lowest BCUT2D eigenvalue weighted by molar-refractivity contribution is -0.197. The Morgan fingerprint density at radius 1 is 0.377 bits per heavy atom. The highest BCUT2D eigenvalue weighted by atomic mass is 16.6. The summed E-state index contributed by atoms with van der Waals surface area (Å²) in [5.41, 5.74) is -10.3. The third-order valence-electron chi connectivity index (χ3n) is 19.5. The van der Waals surface area contributed by atoms with E-state index in [9.17, 15) is 59.4 Å². The summed E-state index contributed by atoms with van der Waals surface area (Å²) in [6.45, 7) is 63.5. The first-order chi connectivity index (χ1) is 41.6. The largest absolute Gasteiger partial charge is 0.462 e. The quantitative estimate of drug-likeness (QED) is 0.0329. The molecule has 0 aromatic heterocycles. The summed E-state index contributed by atoms with van der Waals surface area (Å²) >= 11 is 0. The Morgan fingerprint density at radius 2 is 0.670 bits per heavy atom. The summed E-state index contributed by atoms with van der Waals surface area (Å²) in [5, 5.41) is 59.5. The SMILES string of the molecule is C.C.C.C.C.C.C.C.C.C.C.C.CCC(C)(C)C(=O)OC(C(C)C)C(C)(C)O.CCC(C)(C)C(=O)OC(C)(C)C(C)(C)O.CCC(C)(C)C(=O)OC(C1CCCC1)C(C)(C)O.CCC(C)(C)C(=O)OC1(C(C)(C)O)CCCC1.CCC(C)(C)C(=O)OCC(C)(C)O.CCC(OC(=O)C(C)(C)CC)C(C)(C)O. The van der Waals surface area contributed by atoms with Crippen LogP contribution in [0.25, 0.3) is 0 Å². The van der Waals surface area contributed by atoms with E-state index in [2.05, 4.69) is 0 Å². The molecule has 2 aliphatic rings. The molecular weight excluding hydrogens is 1340 g/mol. The van der Waals surface area contributed by atoms with Gasteiger partial charge >= 0.3 is 35.8 Å². The summed E-state index contributed by atoms with van der Waals surface area (Å²) < 4.78 is 32.5. The molecule has 18 nitrogen and oxygen atoms in total. The lowest BCUT2D eigenvalue weighted by Crippen LogP contribution is -2.52. The molecule has 18 heteroatoms. The topological polar surface area (TPSA) is 279 Å². The maximum atomic E-state index is 12.2. The monoisotopic (exact) mass is 1540 g/mol. The summed E-state index contributed by atoms with van der Waals surface area (Å²) in [7, 11) is 0. The van der Waals surface area contributed by atoms with Gasteiger partial charge < -0.3 is 59.1 Å². The zero-order valence-electron chi connectivity index (χ0n) is 66.8. The zero-order valence-corrected chi connectivity index (χ0v) is 66.8. The summed E-state index contributed by atoms with van der Waals surface area (Å²) in [6.07, 6.45) is 11.7. The average molecular weight is 1540 g/mol. The third kappa shape index (κ3) is 50.5. The third-order valence-corrected chi connectivity index (χ3v) is 19.5. The Bertz CT molecular complexity index is 2240. The summed E-state index contributed by atoms with van der Waals surface area (Å²) in [5.74, 6) is -0.977. The van der Waals surface area contributed by atoms with Crippen LogP contribution >= 0.6 is 0 Å². The van der Waals surface area contributed by atoms with Crippen LogP contribution in [0.1, 0.15) is 428 Å². The van der Waals surface area contributed by atoms with E-state index in [1.165, 1.54) is 12.8 Å². The van der Waals surface area contributed by atoms with Gasteiger partial charge in [0.05, 0.1) is 66.1 Å². The van der Waals surface area contributed by atoms with Crippen molar-refractivity contribution < 1.29 is 87.8 Å². The molecule has 106 heavy (non-hydrogen) atoms. The van der Waals surface area contributed by atoms with Crippen molar-refractivity contribution in [1.82, 2.24) is 0 Å². The van der Waals surface area contributed by atoms with Gasteiger partial charge in [-0.1, -0.05) is 164 Å². The first kappa shape index (κ1) is 141. The van der Waals surface area contributed by atoms with E-state index in [0.29, 0.717) is 18.8 Å². The van der Waals surface area contributed by atoms with E-state index in [1.807, 2.05) is 145 Å². The minimum absolute atomic E-state index is 0. The number of hydrogen-bond donors (Lipinski definition) is 6. The number of ether oxygens (including phenoxy) is 6. The van der Waals surface area contributed by atoms with Crippen LogP contribution < -0.4 is 0 Å². The molecule has 0 radical (unpaired) electrons. The van der Waals surface area contributed by atoms with E-state index in [4.69, 9.17) is 28.4 Å². The van der Waals surface area contributed by atoms with Gasteiger partial charge in [0, 0.05) is 0 Å². The molecule has 0 amide bonds. The molecule has 656 valence electrons. The van der Waals surface area contributed by atoms with Gasteiger partial charge in [-0.2, -0.15) is 0 Å². The minimum atomic E-state index is -1.05. The molecule has 0 spiro atoms. The van der Waals surface area contributed by atoms with Gasteiger partial charge in [-0.25, -0.2) is 0 Å². The number of esters is 6. The Kier molecular flexibility index (Phi) is 74.5. The molecule has 2 fully saturated rings. The number of carbonyl (C=O) groups excluding carboxylic acids is 6. The van der Waals surface area contributed by atoms with Gasteiger partial charge in [0.25, 0.3) is 0 Å². The van der Waals surface area contributed by atoms with E-state index >= 15 is 0 Å². The van der Waals surface area contributed by atoms with Crippen LogP contribution in [0.3, 0.4) is 0 Å². The predicted octanol–water partition coefficient (Wildman–Crippen LogP) is 23.5. The van der Waals surface area contributed by atoms with Crippen LogP contribution in [0.2, 0.25) is 0 Å². The highest BCUT2D eigenvalue weighted by Crippen LogP contribution is 2.44. The van der Waals surface area contributed by atoms with Crippen LogP contribution in [-0.2, 0) is 57.2 Å². The maximum Gasteiger partial charge on any atom is 0.312 e. The molecule has 0 bridgehead atoms. The normalized spacial score (nSPS) is 14.5. The smallest absolute Gasteiger partial charge is 0.312 e. The number of aliphatic hydroxyl groups is 6. The molecule has 6 N–H and O–H groups in total. The van der Waals surface area contributed by atoms with Crippen LogP contribution in [0, 0.1) is 44.3 Å². The molecule has 0 aliphatic heterocycles. The van der Waals surface area contributed by atoms with E-state index in [0.717, 1.165) is 70.6 Å². The predicted molar refractivity (Wildman–Crippen MR) is 458 cm³/mol. The van der Waals surface area contributed by atoms with Gasteiger partial charge in [-0.15, -0.1) is 0 Å². The van der Waals surface area contributed by atoms with Crippen molar-refractivity contribution in [2.45, 2.75) is 491 Å². The Labute approximate surface area is 662 Å². The maximum absolute atomic E-state index is 12.2. The van der Waals surface area contributed by atoms with Crippen LogP contribution in [0.5, 0.6) is 0 Å². The van der Waals surface area contributed by atoms with Gasteiger partial charge in [0.1, 0.15) is 36.1 Å². The summed E-state index contributed by atoms with van der Waals surface area (Å²) in [4.78, 5) is 71.3. The first-order valence-electron chi connectivity index (χ1n) is 35.2. The molecule has 2 saturated carbocycles. The fraction of sp³-hybridized carbons (Fsp3) is 0.932. The molecule has 0 aromatic carbocycles. The Balaban J connectivity index is -0.0000000642. The number of hydrogen-bond acceptors (Lipinski definition) is 18. The van der Waals surface area contributed by atoms with Gasteiger partial charge in [0.15, 0.2) is 0 Å². The molecule has 2 rings (SSSR count). The van der Waals surface area contributed by atoms with Crippen molar-refractivity contribution in [2.24, 2.45) is 44.3 Å². The minimum Gasteiger partial charge on any atom is -0.462 e. The molecule has 0 aromatic rings. The second-order valence-electron chi connectivity index (χ2n) is 34.6. The summed E-state index contributed by atoms with van der Waals surface area (Å²) in [6, 6.07) is 0. The molecule has 2 aliphatic carbocycles. The Morgan fingerprint density at radius 3 is 0.925 bits per heavy atom. The van der Waals surface area contributed by atoms with Gasteiger partial charge in [0.2, 0.25) is 0 Å². The molecule has 3 atom stereocenters. The highest BCUT2D eigenvalue weighted by molar-refractivity contribution is 5.78. The van der Waals surface area contributed by atoms with E-state index in [1.54, 1.807) is 96.9 Å². The van der Waals surface area contributed by atoms with Gasteiger partial charge in [-0.05, 0) is 275 Å². The molecule has 3 unspecified atom stereocenters. The first-order valence-corrected chi connectivity index (χ1v) is 35.2. The van der Waals surface area contributed by atoms with Gasteiger partial charge in [-0.3, -0.25) is 28.8 Å². The fourth-order valence-electron chi connectivity index (χ4n) is 8.64. The van der Waals surface area contributed by atoms with Crippen molar-refractivity contribution in [3.8, 4) is 0 Å². The second kappa shape index (κ2) is 55.9. The number of rotatable bonds is 27. The lowest BCUT2D eigenvalue weighted by Gasteiger charge is -2.41. The standard InChI is InChI=1S/C15H28O3.C14H26O3.C13H26O3.2C12H24O3.C10H20O3.12CH4/c1-6-14(2,3)13(16)18-12(15(4,5)17)11-9-7-8-10-11;1-6-12(2,3)11(15)17-14(13(4,5)16)9-7-8-10-14;1-8-12(4,5)11(14)16-10(9(2)3)13(6,7)15;1-8-10(2,3)9(13)15-12(6,7)11(4,5)14;1-7-9(12(5,6)14)15-10(13)11(3,4)8-2;1-6-9(2,3)8(11)13-7-10(4,5)12;;;;;;;;;;;;/h11-12,17H,6-10H2,1-5H3;16H,6-10H2,1-5H3;9-10,15H,8H2,1-7H3;14H,8H2,1-7H3;9,14H,7-8H2,1-6H3;12H,6-7H2,1-5H3;12*1H4. The van der Waals surface area contributed by atoms with Crippen molar-refractivity contribution in [2.75, 3.05) is 6.61 Å². The molecular formula is C88H196O18. The van der Waals surface area contributed by atoms with Crippen LogP contribution in [0.4, 0.5) is 0 Å². The van der Waals surface area contributed by atoms with Crippen molar-refractivity contribution in [1.29, 1.82) is 0 Å². The van der Waals surface area contributed by atoms with Crippen molar-refractivity contribution in [3.63, 3.8) is 0 Å². The second-order valence-corrected chi connectivity index (χ2v) is 34.6. The average Bonchev–Trinajstić information content (AvgIpc) is 1.52. The zero-order chi connectivity index (χ0) is 75.9. The fourth-order valence-corrected chi connectivity index (χ4v) is 8.64. The van der Waals surface area contributed by atoms with Crippen LogP contribution in [-0.4, -0.2) is 136 Å². The molecule has 0 heterocycles. The molecule has 0 saturated heterocycles. The Hall–Kier alpha value is -3.42. The van der Waals surface area contributed by atoms with E-state index in [-0.39, 0.29) is 144 Å². The highest BCUT2D eigenvalue weighted by Gasteiger charge is 2.51. The van der Waals surface area contributed by atoms with E-state index < -0.39 is 89.5 Å².